The van der Waals surface area contributed by atoms with E-state index in [0.29, 0.717) is 23.7 Å². The van der Waals surface area contributed by atoms with Crippen molar-refractivity contribution in [2.45, 2.75) is 44.2 Å². The minimum Gasteiger partial charge on any atom is -0.497 e. The van der Waals surface area contributed by atoms with Gasteiger partial charge in [-0.3, -0.25) is 4.79 Å². The second-order valence-electron chi connectivity index (χ2n) is 9.90. The zero-order valence-corrected chi connectivity index (χ0v) is 22.4. The summed E-state index contributed by atoms with van der Waals surface area (Å²) in [5.74, 6) is -0.0444. The number of benzene rings is 2. The van der Waals surface area contributed by atoms with Gasteiger partial charge in [-0.15, -0.1) is 0 Å². The zero-order valence-electron chi connectivity index (χ0n) is 21.6. The van der Waals surface area contributed by atoms with E-state index < -0.39 is 27.8 Å². The Morgan fingerprint density at radius 1 is 1.05 bits per heavy atom. The average molecular weight is 563 g/mol. The van der Waals surface area contributed by atoms with Crippen LogP contribution in [0.15, 0.2) is 48.5 Å². The lowest BCUT2D eigenvalue weighted by molar-refractivity contribution is -0.141. The molecule has 2 aromatic carbocycles. The fourth-order valence-corrected chi connectivity index (χ4v) is 5.96. The summed E-state index contributed by atoms with van der Waals surface area (Å²) in [5, 5.41) is 3.83. The molecule has 0 spiro atoms. The molecule has 1 aliphatic heterocycles. The summed E-state index contributed by atoms with van der Waals surface area (Å²) in [6, 6.07) is 13.6. The first-order valence-corrected chi connectivity index (χ1v) is 14.4. The maximum absolute atomic E-state index is 13.9. The number of ether oxygens (including phenoxy) is 1. The first-order valence-electron chi connectivity index (χ1n) is 12.7. The van der Waals surface area contributed by atoms with E-state index in [1.807, 2.05) is 12.1 Å². The molecule has 1 aliphatic carbocycles. The van der Waals surface area contributed by atoms with Gasteiger partial charge >= 0.3 is 6.18 Å². The number of nitrogens with zero attached hydrogens (tertiary/aromatic N) is 3. The van der Waals surface area contributed by atoms with Crippen molar-refractivity contribution in [2.75, 3.05) is 30.9 Å². The molecule has 1 fully saturated rings. The van der Waals surface area contributed by atoms with E-state index in [4.69, 9.17) is 4.74 Å². The highest BCUT2D eigenvalue weighted by Crippen LogP contribution is 2.44. The molecule has 0 atom stereocenters. The van der Waals surface area contributed by atoms with Crippen LogP contribution in [-0.4, -0.2) is 50.1 Å². The topological polar surface area (TPSA) is 93.5 Å². The molecule has 12 heteroatoms. The van der Waals surface area contributed by atoms with Crippen LogP contribution in [0.1, 0.15) is 53.5 Å². The Morgan fingerprint density at radius 2 is 1.69 bits per heavy atom. The number of amides is 1. The summed E-state index contributed by atoms with van der Waals surface area (Å²) in [7, 11) is -1.85. The van der Waals surface area contributed by atoms with E-state index in [-0.39, 0.29) is 35.4 Å². The number of halogens is 3. The van der Waals surface area contributed by atoms with Gasteiger partial charge in [0.25, 0.3) is 5.91 Å². The lowest BCUT2D eigenvalue weighted by atomic mass is 9.64. The van der Waals surface area contributed by atoms with Gasteiger partial charge in [-0.2, -0.15) is 18.3 Å². The van der Waals surface area contributed by atoms with Crippen molar-refractivity contribution in [1.29, 1.82) is 0 Å². The molecule has 1 aromatic heterocycles. The molecule has 0 radical (unpaired) electrons. The van der Waals surface area contributed by atoms with Crippen molar-refractivity contribution < 1.29 is 31.1 Å². The number of aromatic nitrogens is 2. The smallest absolute Gasteiger partial charge is 0.435 e. The molecule has 1 N–H and O–H groups in total. The first kappa shape index (κ1) is 27.2. The highest BCUT2D eigenvalue weighted by Gasteiger charge is 2.44. The number of nitrogens with one attached hydrogen (secondary N) is 1. The Morgan fingerprint density at radius 3 is 2.23 bits per heavy atom. The van der Waals surface area contributed by atoms with E-state index >= 15 is 0 Å². The number of hydrogen-bond acceptors (Lipinski definition) is 5. The van der Waals surface area contributed by atoms with Crippen LogP contribution in [0.3, 0.4) is 0 Å². The van der Waals surface area contributed by atoms with Crippen LogP contribution in [0.2, 0.25) is 0 Å². The molecule has 39 heavy (non-hydrogen) atoms. The Labute approximate surface area is 224 Å². The largest absolute Gasteiger partial charge is 0.497 e. The molecule has 0 unspecified atom stereocenters. The lowest BCUT2D eigenvalue weighted by Crippen LogP contribution is -2.46. The quantitative estimate of drug-likeness (QED) is 0.438. The first-order chi connectivity index (χ1) is 18.5. The minimum atomic E-state index is -4.71. The van der Waals surface area contributed by atoms with Crippen LogP contribution in [0.4, 0.5) is 18.9 Å². The van der Waals surface area contributed by atoms with E-state index in [0.717, 1.165) is 29.5 Å². The third-order valence-electron chi connectivity index (χ3n) is 7.71. The van der Waals surface area contributed by atoms with Crippen molar-refractivity contribution in [3.63, 3.8) is 0 Å². The number of carbonyl (C=O) groups is 1. The van der Waals surface area contributed by atoms with Gasteiger partial charge in [0.15, 0.2) is 5.69 Å². The fraction of sp³-hybridized carbons (Fsp3) is 0.407. The normalized spacial score (nSPS) is 17.1. The summed E-state index contributed by atoms with van der Waals surface area (Å²) in [4.78, 5) is 15.1. The maximum atomic E-state index is 13.9. The number of sulfonamides is 1. The molecule has 0 saturated heterocycles. The predicted octanol–water partition coefficient (Wildman–Crippen LogP) is 4.46. The molecule has 3 aromatic rings. The van der Waals surface area contributed by atoms with E-state index in [2.05, 4.69) is 9.82 Å². The second-order valence-corrected chi connectivity index (χ2v) is 12.0. The Hall–Kier alpha value is -3.38. The third-order valence-corrected chi connectivity index (χ3v) is 9.06. The Balaban J connectivity index is 1.46. The van der Waals surface area contributed by atoms with Gasteiger partial charge in [-0.05, 0) is 68.1 Å². The van der Waals surface area contributed by atoms with Crippen LogP contribution < -0.4 is 14.4 Å². The van der Waals surface area contributed by atoms with Gasteiger partial charge in [0.05, 0.1) is 18.6 Å². The monoisotopic (exact) mass is 562 g/mol. The van der Waals surface area contributed by atoms with Crippen molar-refractivity contribution in [3.8, 4) is 11.4 Å². The van der Waals surface area contributed by atoms with Gasteiger partial charge in [0, 0.05) is 29.8 Å². The molecule has 208 valence electrons. The van der Waals surface area contributed by atoms with E-state index in [1.54, 1.807) is 43.3 Å². The zero-order chi connectivity index (χ0) is 28.0. The molecule has 2 aliphatic rings. The highest BCUT2D eigenvalue weighted by atomic mass is 32.2. The SMILES string of the molecule is CCS(=O)(=O)NCC1(c2ccc(N3CCc4c(C(F)(F)F)nn(-c5ccc(OC)cc5)c4C3=O)cc2)CCC1. The van der Waals surface area contributed by atoms with Crippen molar-refractivity contribution in [3.05, 3.63) is 71.0 Å². The number of rotatable bonds is 8. The molecule has 8 nitrogen and oxygen atoms in total. The number of alkyl halides is 3. The number of anilines is 1. The van der Waals surface area contributed by atoms with Crippen LogP contribution in [0.5, 0.6) is 5.75 Å². The standard InChI is InChI=1S/C27H29F3N4O4S/c1-3-39(36,37)31-17-26(14-4-15-26)18-5-7-19(8-6-18)33-16-13-22-23(25(33)35)34(32-24(22)27(28,29)30)20-9-11-21(38-2)12-10-20/h5-12,31H,3-4,13-17H2,1-2H3. The summed E-state index contributed by atoms with van der Waals surface area (Å²) in [6.07, 6.45) is -2.05. The molecule has 1 amide bonds. The van der Waals surface area contributed by atoms with E-state index in [9.17, 15) is 26.4 Å². The number of carbonyl (C=O) groups excluding carboxylic acids is 1. The highest BCUT2D eigenvalue weighted by molar-refractivity contribution is 7.89. The summed E-state index contributed by atoms with van der Waals surface area (Å²) < 4.78 is 74.5. The maximum Gasteiger partial charge on any atom is 0.435 e. The van der Waals surface area contributed by atoms with Gasteiger partial charge < -0.3 is 9.64 Å². The molecule has 5 rings (SSSR count). The van der Waals surface area contributed by atoms with Crippen molar-refractivity contribution >= 4 is 21.6 Å². The predicted molar refractivity (Wildman–Crippen MR) is 140 cm³/mol. The summed E-state index contributed by atoms with van der Waals surface area (Å²) in [5.41, 5.74) is 0.222. The van der Waals surface area contributed by atoms with Crippen LogP contribution in [0.25, 0.3) is 5.69 Å². The summed E-state index contributed by atoms with van der Waals surface area (Å²) >= 11 is 0. The summed E-state index contributed by atoms with van der Waals surface area (Å²) in [6.45, 7) is 1.96. The Bertz CT molecular complexity index is 1480. The molecule has 0 bridgehead atoms. The average Bonchev–Trinajstić information content (AvgIpc) is 3.30. The number of fused-ring (bicyclic) bond motifs is 1. The van der Waals surface area contributed by atoms with E-state index in [1.165, 1.54) is 12.0 Å². The van der Waals surface area contributed by atoms with Gasteiger partial charge in [-0.25, -0.2) is 17.8 Å². The Kier molecular flexibility index (Phi) is 6.96. The van der Waals surface area contributed by atoms with Crippen LogP contribution in [0, 0.1) is 0 Å². The number of hydrogen-bond donors (Lipinski definition) is 1. The fourth-order valence-electron chi connectivity index (χ4n) is 5.26. The van der Waals surface area contributed by atoms with Crippen LogP contribution >= 0.6 is 0 Å². The van der Waals surface area contributed by atoms with Crippen molar-refractivity contribution in [1.82, 2.24) is 14.5 Å². The van der Waals surface area contributed by atoms with Crippen molar-refractivity contribution in [2.24, 2.45) is 0 Å². The third kappa shape index (κ3) is 5.03. The van der Waals surface area contributed by atoms with Gasteiger partial charge in [-0.1, -0.05) is 18.6 Å². The van der Waals surface area contributed by atoms with Gasteiger partial charge in [0.2, 0.25) is 10.0 Å². The second kappa shape index (κ2) is 9.98. The minimum absolute atomic E-state index is 0.00342. The lowest BCUT2D eigenvalue weighted by Gasteiger charge is -2.42. The molecular weight excluding hydrogens is 533 g/mol. The van der Waals surface area contributed by atoms with Gasteiger partial charge in [0.1, 0.15) is 11.4 Å². The van der Waals surface area contributed by atoms with Crippen LogP contribution in [-0.2, 0) is 28.0 Å². The molecular formula is C27H29F3N4O4S. The molecule has 2 heterocycles. The molecule has 1 saturated carbocycles. The number of methoxy groups -OCH3 is 1.